The van der Waals surface area contributed by atoms with Crippen LogP contribution in [0.25, 0.3) is 22.7 Å². The Morgan fingerprint density at radius 2 is 1.40 bits per heavy atom. The topological polar surface area (TPSA) is 114 Å². The number of ether oxygens (including phenoxy) is 1. The summed E-state index contributed by atoms with van der Waals surface area (Å²) in [4.78, 5) is 48.6. The SMILES string of the molecule is O=C(N[C@@H](CCc1ccccc1)C(=O)c1oc(-c2ccccc2)nc1-c1ccccc1)[C@H](CC1CCCCC1)NC(=O)N1CCOCC1. The van der Waals surface area contributed by atoms with E-state index in [9.17, 15) is 14.4 Å². The Morgan fingerprint density at radius 3 is 2.06 bits per heavy atom. The number of carbonyl (C=O) groups is 3. The molecule has 2 N–H and O–H groups in total. The highest BCUT2D eigenvalue weighted by atomic mass is 16.5. The first-order valence-electron chi connectivity index (χ1n) is 17.2. The molecule has 0 bridgehead atoms. The second kappa shape index (κ2) is 16.4. The van der Waals surface area contributed by atoms with Crippen LogP contribution in [0.2, 0.25) is 0 Å². The van der Waals surface area contributed by atoms with E-state index in [0.717, 1.165) is 42.4 Å². The summed E-state index contributed by atoms with van der Waals surface area (Å²) in [6.45, 7) is 1.88. The Hall–Kier alpha value is -4.76. The highest BCUT2D eigenvalue weighted by molar-refractivity contribution is 6.04. The molecule has 48 heavy (non-hydrogen) atoms. The van der Waals surface area contributed by atoms with Crippen molar-refractivity contribution in [3.8, 4) is 22.7 Å². The minimum atomic E-state index is -0.911. The number of benzene rings is 3. The summed E-state index contributed by atoms with van der Waals surface area (Å²) < 4.78 is 11.7. The molecule has 6 rings (SSSR count). The Labute approximate surface area is 282 Å². The summed E-state index contributed by atoms with van der Waals surface area (Å²) in [5.41, 5.74) is 2.97. The van der Waals surface area contributed by atoms with E-state index in [1.807, 2.05) is 91.0 Å². The maximum Gasteiger partial charge on any atom is 0.318 e. The van der Waals surface area contributed by atoms with Gasteiger partial charge in [0.15, 0.2) is 0 Å². The zero-order valence-electron chi connectivity index (χ0n) is 27.3. The second-order valence-electron chi connectivity index (χ2n) is 12.7. The zero-order chi connectivity index (χ0) is 33.1. The van der Waals surface area contributed by atoms with Crippen molar-refractivity contribution >= 4 is 17.7 Å². The number of amides is 3. The number of Topliss-reactive ketones (excluding diaryl/α,β-unsaturated/α-hetero) is 1. The van der Waals surface area contributed by atoms with Crippen molar-refractivity contribution in [2.75, 3.05) is 26.3 Å². The summed E-state index contributed by atoms with van der Waals surface area (Å²) in [6.07, 6.45) is 6.90. The van der Waals surface area contributed by atoms with Gasteiger partial charge in [0, 0.05) is 24.2 Å². The van der Waals surface area contributed by atoms with E-state index in [2.05, 4.69) is 10.6 Å². The van der Waals surface area contributed by atoms with Gasteiger partial charge in [0.2, 0.25) is 23.3 Å². The molecular formula is C39H44N4O5. The molecule has 4 aromatic rings. The molecule has 2 atom stereocenters. The van der Waals surface area contributed by atoms with Crippen molar-refractivity contribution in [3.05, 3.63) is 102 Å². The van der Waals surface area contributed by atoms with Gasteiger partial charge in [0.25, 0.3) is 0 Å². The lowest BCUT2D eigenvalue weighted by atomic mass is 9.84. The summed E-state index contributed by atoms with van der Waals surface area (Å²) in [5.74, 6) is 0.0326. The van der Waals surface area contributed by atoms with E-state index in [-0.39, 0.29) is 23.5 Å². The van der Waals surface area contributed by atoms with Gasteiger partial charge in [-0.3, -0.25) is 9.59 Å². The summed E-state index contributed by atoms with van der Waals surface area (Å²) in [6, 6.07) is 26.9. The van der Waals surface area contributed by atoms with Crippen LogP contribution in [0.3, 0.4) is 0 Å². The molecule has 2 aliphatic rings. The average Bonchev–Trinajstić information content (AvgIpc) is 3.60. The van der Waals surface area contributed by atoms with Gasteiger partial charge < -0.3 is 24.7 Å². The van der Waals surface area contributed by atoms with E-state index in [1.54, 1.807) is 4.90 Å². The number of carbonyl (C=O) groups excluding carboxylic acids is 3. The van der Waals surface area contributed by atoms with Gasteiger partial charge in [-0.15, -0.1) is 0 Å². The van der Waals surface area contributed by atoms with E-state index >= 15 is 0 Å². The highest BCUT2D eigenvalue weighted by Gasteiger charge is 2.34. The van der Waals surface area contributed by atoms with Crippen LogP contribution < -0.4 is 10.6 Å². The van der Waals surface area contributed by atoms with Gasteiger partial charge >= 0.3 is 6.03 Å². The number of urea groups is 1. The van der Waals surface area contributed by atoms with Crippen molar-refractivity contribution in [3.63, 3.8) is 0 Å². The maximum absolute atomic E-state index is 14.6. The molecule has 3 aromatic carbocycles. The largest absolute Gasteiger partial charge is 0.432 e. The third kappa shape index (κ3) is 8.58. The Morgan fingerprint density at radius 1 is 0.771 bits per heavy atom. The van der Waals surface area contributed by atoms with Crippen LogP contribution in [0.1, 0.15) is 61.1 Å². The first kappa shape index (κ1) is 33.2. The van der Waals surface area contributed by atoms with Crippen LogP contribution in [0.5, 0.6) is 0 Å². The van der Waals surface area contributed by atoms with Gasteiger partial charge in [0.05, 0.1) is 19.3 Å². The molecule has 2 heterocycles. The van der Waals surface area contributed by atoms with Crippen LogP contribution in [-0.4, -0.2) is 66.0 Å². The Balaban J connectivity index is 1.30. The van der Waals surface area contributed by atoms with Crippen molar-refractivity contribution in [1.29, 1.82) is 0 Å². The second-order valence-corrected chi connectivity index (χ2v) is 12.7. The number of ketones is 1. The normalized spacial score (nSPS) is 16.5. The first-order valence-corrected chi connectivity index (χ1v) is 17.2. The lowest BCUT2D eigenvalue weighted by Gasteiger charge is -2.31. The zero-order valence-corrected chi connectivity index (χ0v) is 27.3. The van der Waals surface area contributed by atoms with E-state index < -0.39 is 12.1 Å². The third-order valence-corrected chi connectivity index (χ3v) is 9.32. The quantitative estimate of drug-likeness (QED) is 0.166. The van der Waals surface area contributed by atoms with Gasteiger partial charge in [-0.25, -0.2) is 9.78 Å². The van der Waals surface area contributed by atoms with Crippen molar-refractivity contribution in [1.82, 2.24) is 20.5 Å². The van der Waals surface area contributed by atoms with Crippen molar-refractivity contribution in [2.24, 2.45) is 5.92 Å². The van der Waals surface area contributed by atoms with E-state index in [0.29, 0.717) is 63.1 Å². The predicted octanol–water partition coefficient (Wildman–Crippen LogP) is 6.69. The van der Waals surface area contributed by atoms with Crippen LogP contribution in [0.4, 0.5) is 4.79 Å². The predicted molar refractivity (Wildman–Crippen MR) is 184 cm³/mol. The molecule has 2 fully saturated rings. The van der Waals surface area contributed by atoms with Crippen molar-refractivity contribution < 1.29 is 23.5 Å². The molecule has 250 valence electrons. The fourth-order valence-corrected chi connectivity index (χ4v) is 6.63. The number of aromatic nitrogens is 1. The lowest BCUT2D eigenvalue weighted by Crippen LogP contribution is -2.56. The van der Waals surface area contributed by atoms with Crippen LogP contribution in [0.15, 0.2) is 95.4 Å². The monoisotopic (exact) mass is 648 g/mol. The summed E-state index contributed by atoms with van der Waals surface area (Å²) in [5, 5.41) is 6.10. The molecule has 3 amide bonds. The molecule has 0 radical (unpaired) electrons. The van der Waals surface area contributed by atoms with Gasteiger partial charge in [-0.2, -0.15) is 0 Å². The molecule has 1 saturated carbocycles. The molecule has 1 aliphatic carbocycles. The first-order chi connectivity index (χ1) is 23.5. The fraction of sp³-hybridized carbons (Fsp3) is 0.385. The smallest absolute Gasteiger partial charge is 0.318 e. The number of nitrogens with zero attached hydrogens (tertiary/aromatic N) is 2. The molecule has 1 aliphatic heterocycles. The number of rotatable bonds is 12. The number of nitrogens with one attached hydrogen (secondary N) is 2. The molecule has 9 nitrogen and oxygen atoms in total. The Bertz CT molecular complexity index is 1630. The number of oxazole rings is 1. The number of hydrogen-bond acceptors (Lipinski definition) is 6. The van der Waals surface area contributed by atoms with Gasteiger partial charge in [-0.05, 0) is 42.9 Å². The number of aryl methyl sites for hydroxylation is 1. The van der Waals surface area contributed by atoms with Gasteiger partial charge in [-0.1, -0.05) is 111 Å². The van der Waals surface area contributed by atoms with Crippen LogP contribution in [0, 0.1) is 5.92 Å². The Kier molecular flexibility index (Phi) is 11.3. The molecule has 9 heteroatoms. The van der Waals surface area contributed by atoms with E-state index in [4.69, 9.17) is 14.1 Å². The minimum Gasteiger partial charge on any atom is -0.432 e. The molecule has 0 spiro atoms. The summed E-state index contributed by atoms with van der Waals surface area (Å²) >= 11 is 0. The highest BCUT2D eigenvalue weighted by Crippen LogP contribution is 2.31. The number of morpholine rings is 1. The standard InChI is InChI=1S/C39H44N4O5/c44-35(36-34(30-17-9-3-10-18-30)42-38(48-36)31-19-11-4-12-20-31)32(22-21-28-13-5-1-6-14-28)40-37(45)33(27-29-15-7-2-8-16-29)41-39(46)43-23-25-47-26-24-43/h1,3-6,9-14,17-20,29,32-33H,2,7-8,15-16,21-27H2,(H,40,45)(H,41,46)/t32-,33-/m0/s1. The summed E-state index contributed by atoms with van der Waals surface area (Å²) in [7, 11) is 0. The molecular weight excluding hydrogens is 604 g/mol. The van der Waals surface area contributed by atoms with E-state index in [1.165, 1.54) is 6.42 Å². The third-order valence-electron chi connectivity index (χ3n) is 9.32. The molecule has 1 aromatic heterocycles. The van der Waals surface area contributed by atoms with Gasteiger partial charge in [0.1, 0.15) is 11.7 Å². The van der Waals surface area contributed by atoms with Crippen LogP contribution in [-0.2, 0) is 16.0 Å². The van der Waals surface area contributed by atoms with Crippen molar-refractivity contribution in [2.45, 2.75) is 63.5 Å². The maximum atomic E-state index is 14.6. The fourth-order valence-electron chi connectivity index (χ4n) is 6.63. The lowest BCUT2D eigenvalue weighted by molar-refractivity contribution is -0.124. The average molecular weight is 649 g/mol. The number of hydrogen-bond donors (Lipinski definition) is 2. The van der Waals surface area contributed by atoms with Crippen LogP contribution >= 0.6 is 0 Å². The molecule has 0 unspecified atom stereocenters. The minimum absolute atomic E-state index is 0.0968. The molecule has 1 saturated heterocycles.